The van der Waals surface area contributed by atoms with E-state index in [-0.39, 0.29) is 0 Å². The number of carbonyl (C=O) groups is 2. The van der Waals surface area contributed by atoms with Crippen molar-refractivity contribution in [3.8, 4) is 5.69 Å². The van der Waals surface area contributed by atoms with E-state index in [2.05, 4.69) is 89.4 Å². The van der Waals surface area contributed by atoms with Crippen LogP contribution in [0.1, 0.15) is 18.5 Å². The van der Waals surface area contributed by atoms with E-state index < -0.39 is 11.9 Å². The van der Waals surface area contributed by atoms with Gasteiger partial charge < -0.3 is 15.0 Å². The van der Waals surface area contributed by atoms with E-state index in [1.54, 1.807) is 0 Å². The molecule has 3 aromatic rings. The highest BCUT2D eigenvalue weighted by molar-refractivity contribution is 6.26. The number of carboxylic acids is 2. The van der Waals surface area contributed by atoms with Gasteiger partial charge in [-0.15, -0.1) is 0 Å². The van der Waals surface area contributed by atoms with Crippen LogP contribution in [0.3, 0.4) is 0 Å². The smallest absolute Gasteiger partial charge is 0.351 e. The van der Waals surface area contributed by atoms with E-state index in [9.17, 15) is 0 Å². The molecular weight excluding hydrogens is 320 g/mol. The maximum atomic E-state index is 9.04. The average Bonchev–Trinajstić information content (AvgIpc) is 3.13. The third-order valence-electron chi connectivity index (χ3n) is 3.62. The topological polar surface area (TPSA) is 86.2 Å². The molecule has 0 saturated carbocycles. The lowest BCUT2D eigenvalue weighted by Gasteiger charge is -2.07. The first-order valence-electron chi connectivity index (χ1n) is 7.62. The Hall–Kier alpha value is -3.41. The zero-order valence-electron chi connectivity index (χ0n) is 13.6. The number of carboxylic acid groups (broad SMARTS) is 2. The van der Waals surface area contributed by atoms with Gasteiger partial charge in [0.25, 0.3) is 0 Å². The lowest BCUT2D eigenvalue weighted by atomic mass is 10.1. The van der Waals surface area contributed by atoms with Crippen LogP contribution < -0.4 is 9.67 Å². The van der Waals surface area contributed by atoms with Crippen LogP contribution in [0.2, 0.25) is 0 Å². The van der Waals surface area contributed by atoms with Gasteiger partial charge in [0.2, 0.25) is 6.33 Å². The molecule has 0 aliphatic carbocycles. The minimum absolute atomic E-state index is 0.339. The lowest BCUT2D eigenvalue weighted by molar-refractivity contribution is -0.709. The number of nitrogens with zero attached hydrogens (tertiary/aromatic N) is 2. The molecule has 0 aliphatic rings. The Kier molecular flexibility index (Phi) is 6.06. The van der Waals surface area contributed by atoms with Crippen LogP contribution >= 0.6 is 0 Å². The van der Waals surface area contributed by atoms with Gasteiger partial charge in [-0.25, -0.2) is 13.9 Å². The minimum Gasteiger partial charge on any atom is -0.539 e. The van der Waals surface area contributed by atoms with Gasteiger partial charge in [-0.3, -0.25) is 0 Å². The van der Waals surface area contributed by atoms with Crippen LogP contribution in [-0.4, -0.2) is 21.6 Å². The highest BCUT2D eigenvalue weighted by atomic mass is 16.4. The van der Waals surface area contributed by atoms with Crippen molar-refractivity contribution in [2.24, 2.45) is 0 Å². The minimum atomic E-state index is -2.07. The van der Waals surface area contributed by atoms with Crippen molar-refractivity contribution in [3.63, 3.8) is 0 Å². The fourth-order valence-electron chi connectivity index (χ4n) is 2.26. The molecule has 6 nitrogen and oxygen atoms in total. The number of benzene rings is 2. The van der Waals surface area contributed by atoms with Crippen LogP contribution in [0.25, 0.3) is 5.69 Å². The Balaban J connectivity index is 0.000000326. The van der Waals surface area contributed by atoms with Gasteiger partial charge in [0, 0.05) is 0 Å². The maximum absolute atomic E-state index is 9.04. The van der Waals surface area contributed by atoms with E-state index in [0.717, 1.165) is 0 Å². The molecule has 0 saturated heterocycles. The summed E-state index contributed by atoms with van der Waals surface area (Å²) in [7, 11) is 0. The van der Waals surface area contributed by atoms with Gasteiger partial charge in [0.05, 0.1) is 0 Å². The summed E-state index contributed by atoms with van der Waals surface area (Å²) in [6.45, 7) is 2.21. The van der Waals surface area contributed by atoms with E-state index in [0.29, 0.717) is 6.04 Å². The summed E-state index contributed by atoms with van der Waals surface area (Å²) in [5.74, 6) is -4.01. The molecule has 1 atom stereocenters. The molecule has 0 radical (unpaired) electrons. The van der Waals surface area contributed by atoms with Crippen LogP contribution in [0.4, 0.5) is 0 Å². The predicted octanol–water partition coefficient (Wildman–Crippen LogP) is 1.19. The van der Waals surface area contributed by atoms with Crippen molar-refractivity contribution >= 4 is 11.9 Å². The molecule has 1 N–H and O–H groups in total. The summed E-state index contributed by atoms with van der Waals surface area (Å²) < 4.78 is 4.36. The second-order valence-corrected chi connectivity index (χ2v) is 5.28. The van der Waals surface area contributed by atoms with Gasteiger partial charge in [0.15, 0.2) is 5.97 Å². The summed E-state index contributed by atoms with van der Waals surface area (Å²) in [6.07, 6.45) is 6.34. The highest BCUT2D eigenvalue weighted by Crippen LogP contribution is 2.12. The molecule has 0 aliphatic heterocycles. The molecule has 2 aromatic carbocycles. The summed E-state index contributed by atoms with van der Waals surface area (Å²) in [6, 6.07) is 21.3. The van der Waals surface area contributed by atoms with Crippen molar-refractivity contribution in [1.82, 2.24) is 4.57 Å². The number of carbonyl (C=O) groups excluding carboxylic acids is 1. The number of hydrogen-bond donors (Lipinski definition) is 1. The number of para-hydroxylation sites is 1. The van der Waals surface area contributed by atoms with Gasteiger partial charge in [-0.1, -0.05) is 48.5 Å². The van der Waals surface area contributed by atoms with E-state index in [1.165, 1.54) is 11.3 Å². The number of hydrogen-bond acceptors (Lipinski definition) is 3. The largest absolute Gasteiger partial charge is 0.539 e. The third kappa shape index (κ3) is 5.04. The van der Waals surface area contributed by atoms with E-state index in [1.807, 2.05) is 6.07 Å². The molecular formula is C19H18N2O4. The predicted molar refractivity (Wildman–Crippen MR) is 88.9 cm³/mol. The molecule has 0 bridgehead atoms. The van der Waals surface area contributed by atoms with Crippen molar-refractivity contribution in [1.29, 1.82) is 0 Å². The molecule has 1 aromatic heterocycles. The van der Waals surface area contributed by atoms with Crippen LogP contribution in [0.15, 0.2) is 79.4 Å². The summed E-state index contributed by atoms with van der Waals surface area (Å²) in [5, 5.41) is 16.3. The molecule has 128 valence electrons. The van der Waals surface area contributed by atoms with Crippen molar-refractivity contribution in [2.75, 3.05) is 0 Å². The number of rotatable bonds is 3. The fourth-order valence-corrected chi connectivity index (χ4v) is 2.26. The zero-order chi connectivity index (χ0) is 18.2. The molecule has 3 rings (SSSR count). The first kappa shape index (κ1) is 17.9. The highest BCUT2D eigenvalue weighted by Gasteiger charge is 2.14. The van der Waals surface area contributed by atoms with Gasteiger partial charge in [-0.2, -0.15) is 0 Å². The normalized spacial score (nSPS) is 11.1. The molecule has 25 heavy (non-hydrogen) atoms. The summed E-state index contributed by atoms with van der Waals surface area (Å²) in [4.78, 5) is 18.0. The standard InChI is InChI=1S/C17H17N2.C2H2O4/c1-15(16-8-4-2-5-9-16)18-12-13-19(14-18)17-10-6-3-7-11-17;3-1(4)2(5)6/h2-15H,1H3;(H,3,4)(H,5,6)/q+1;/p-1. The summed E-state index contributed by atoms with van der Waals surface area (Å²) in [5.41, 5.74) is 2.50. The molecule has 1 unspecified atom stereocenters. The molecule has 6 heteroatoms. The molecule has 0 amide bonds. The Morgan fingerprint density at radius 2 is 1.56 bits per heavy atom. The van der Waals surface area contributed by atoms with Crippen LogP contribution in [0.5, 0.6) is 0 Å². The van der Waals surface area contributed by atoms with Crippen molar-refractivity contribution in [3.05, 3.63) is 84.9 Å². The van der Waals surface area contributed by atoms with Crippen molar-refractivity contribution in [2.45, 2.75) is 13.0 Å². The first-order valence-corrected chi connectivity index (χ1v) is 7.62. The molecule has 0 fully saturated rings. The number of aromatic nitrogens is 2. The quantitative estimate of drug-likeness (QED) is 0.574. The Bertz CT molecular complexity index is 817. The first-order chi connectivity index (χ1) is 12.0. The molecule has 1 heterocycles. The Labute approximate surface area is 145 Å². The monoisotopic (exact) mass is 338 g/mol. The van der Waals surface area contributed by atoms with Crippen molar-refractivity contribution < 1.29 is 24.4 Å². The third-order valence-corrected chi connectivity index (χ3v) is 3.62. The van der Waals surface area contributed by atoms with Crippen LogP contribution in [0, 0.1) is 0 Å². The Morgan fingerprint density at radius 1 is 1.04 bits per heavy atom. The zero-order valence-corrected chi connectivity index (χ0v) is 13.6. The van der Waals surface area contributed by atoms with E-state index in [4.69, 9.17) is 19.8 Å². The maximum Gasteiger partial charge on any atom is 0.351 e. The molecule has 0 spiro atoms. The van der Waals surface area contributed by atoms with Gasteiger partial charge >= 0.3 is 5.97 Å². The second kappa shape index (κ2) is 8.44. The average molecular weight is 338 g/mol. The number of aliphatic carboxylic acids is 2. The van der Waals surface area contributed by atoms with E-state index >= 15 is 0 Å². The van der Waals surface area contributed by atoms with Gasteiger partial charge in [-0.05, 0) is 24.6 Å². The Morgan fingerprint density at radius 3 is 2.08 bits per heavy atom. The number of imidazole rings is 1. The lowest BCUT2D eigenvalue weighted by Crippen LogP contribution is -2.36. The second-order valence-electron chi connectivity index (χ2n) is 5.28. The van der Waals surface area contributed by atoms with Crippen LogP contribution in [-0.2, 0) is 9.59 Å². The summed E-state index contributed by atoms with van der Waals surface area (Å²) >= 11 is 0. The fraction of sp³-hybridized carbons (Fsp3) is 0.105. The van der Waals surface area contributed by atoms with Gasteiger partial charge in [0.1, 0.15) is 24.1 Å². The SMILES string of the molecule is CC(c1ccccc1)[n+]1ccn(-c2ccccc2)c1.O=C([O-])C(=O)O.